The van der Waals surface area contributed by atoms with Crippen LogP contribution in [0.25, 0.3) is 11.0 Å². The van der Waals surface area contributed by atoms with Crippen LogP contribution in [-0.2, 0) is 20.9 Å². The van der Waals surface area contributed by atoms with E-state index in [4.69, 9.17) is 4.74 Å². The van der Waals surface area contributed by atoms with Crippen LogP contribution in [0.4, 0.5) is 5.69 Å². The predicted octanol–water partition coefficient (Wildman–Crippen LogP) is 4.36. The van der Waals surface area contributed by atoms with Crippen LogP contribution in [0.3, 0.4) is 0 Å². The summed E-state index contributed by atoms with van der Waals surface area (Å²) in [5.41, 5.74) is 3.83. The third-order valence-corrected chi connectivity index (χ3v) is 7.23. The Balaban J connectivity index is 1.59. The first-order chi connectivity index (χ1) is 19.0. The lowest BCUT2D eigenvalue weighted by Crippen LogP contribution is -2.47. The molecule has 0 saturated heterocycles. The lowest BCUT2D eigenvalue weighted by atomic mass is 9.97. The van der Waals surface area contributed by atoms with E-state index in [0.717, 1.165) is 42.3 Å². The molecule has 0 bridgehead atoms. The van der Waals surface area contributed by atoms with E-state index >= 15 is 0 Å². The van der Waals surface area contributed by atoms with Gasteiger partial charge in [0.2, 0.25) is 11.8 Å². The number of fused-ring (bicyclic) bond motifs is 1. The number of amides is 2. The third-order valence-electron chi connectivity index (χ3n) is 7.23. The number of aryl methyl sites for hydroxylation is 1. The predicted molar refractivity (Wildman–Crippen MR) is 147 cm³/mol. The van der Waals surface area contributed by atoms with Gasteiger partial charge in [-0.15, -0.1) is 5.10 Å². The number of methoxy groups -OCH3 is 1. The molecule has 1 aliphatic rings. The summed E-state index contributed by atoms with van der Waals surface area (Å²) in [5, 5.41) is 11.6. The highest BCUT2D eigenvalue weighted by molar-refractivity contribution is 6.02. The first kappa shape index (κ1) is 26.1. The van der Waals surface area contributed by atoms with E-state index in [1.165, 1.54) is 16.7 Å². The second-order valence-electron chi connectivity index (χ2n) is 9.79. The Kier molecular flexibility index (Phi) is 7.67. The minimum Gasteiger partial charge on any atom is -0.465 e. The molecule has 39 heavy (non-hydrogen) atoms. The van der Waals surface area contributed by atoms with Crippen molar-refractivity contribution < 1.29 is 19.1 Å². The summed E-state index contributed by atoms with van der Waals surface area (Å²) in [6.45, 7) is 1.80. The standard InChI is InChI=1S/C30H31N5O4/c1-20-9-3-6-12-24(20)28(29(37)31-22-10-4-5-11-22)35(23-17-15-21(16-18-23)30(38)39-2)27(36)19-34-26-14-8-7-13-25(26)32-33-34/h3,6-9,12-18,22,28H,4-5,10-11,19H2,1-2H3,(H,31,37). The number of nitrogens with zero attached hydrogens (tertiary/aromatic N) is 4. The number of hydrogen-bond donors (Lipinski definition) is 1. The second kappa shape index (κ2) is 11.5. The quantitative estimate of drug-likeness (QED) is 0.343. The van der Waals surface area contributed by atoms with Crippen molar-refractivity contribution in [3.8, 4) is 0 Å². The van der Waals surface area contributed by atoms with Gasteiger partial charge in [0.05, 0.1) is 18.2 Å². The number of carbonyl (C=O) groups excluding carboxylic acids is 3. The highest BCUT2D eigenvalue weighted by Gasteiger charge is 2.35. The molecule has 2 amide bonds. The summed E-state index contributed by atoms with van der Waals surface area (Å²) in [6.07, 6.45) is 3.96. The monoisotopic (exact) mass is 525 g/mol. The number of rotatable bonds is 8. The Morgan fingerprint density at radius 3 is 2.41 bits per heavy atom. The van der Waals surface area contributed by atoms with Crippen molar-refractivity contribution in [2.75, 3.05) is 12.0 Å². The maximum atomic E-state index is 14.2. The molecule has 3 aromatic carbocycles. The number of aromatic nitrogens is 3. The summed E-state index contributed by atoms with van der Waals surface area (Å²) in [4.78, 5) is 41.7. The topological polar surface area (TPSA) is 106 Å². The van der Waals surface area contributed by atoms with Gasteiger partial charge in [0.25, 0.3) is 0 Å². The average Bonchev–Trinajstić information content (AvgIpc) is 3.62. The molecule has 1 unspecified atom stereocenters. The van der Waals surface area contributed by atoms with Crippen LogP contribution in [0.1, 0.15) is 53.2 Å². The summed E-state index contributed by atoms with van der Waals surface area (Å²) in [5.74, 6) is -1.07. The van der Waals surface area contributed by atoms with Gasteiger partial charge in [-0.2, -0.15) is 0 Å². The molecule has 1 saturated carbocycles. The number of carbonyl (C=O) groups is 3. The summed E-state index contributed by atoms with van der Waals surface area (Å²) >= 11 is 0. The zero-order chi connectivity index (χ0) is 27.4. The Morgan fingerprint density at radius 1 is 1.00 bits per heavy atom. The third kappa shape index (κ3) is 5.52. The molecule has 0 spiro atoms. The normalized spacial score (nSPS) is 14.2. The molecule has 0 aliphatic heterocycles. The SMILES string of the molecule is COC(=O)c1ccc(N(C(=O)Cn2nnc3ccccc32)C(C(=O)NC2CCCC2)c2ccccc2C)cc1. The van der Waals surface area contributed by atoms with Gasteiger partial charge in [0, 0.05) is 11.7 Å². The van der Waals surface area contributed by atoms with E-state index < -0.39 is 12.0 Å². The van der Waals surface area contributed by atoms with Crippen molar-refractivity contribution in [1.29, 1.82) is 0 Å². The minimum absolute atomic E-state index is 0.0712. The summed E-state index contributed by atoms with van der Waals surface area (Å²) in [7, 11) is 1.32. The zero-order valence-electron chi connectivity index (χ0n) is 22.0. The number of para-hydroxylation sites is 1. The van der Waals surface area contributed by atoms with Crippen molar-refractivity contribution in [1.82, 2.24) is 20.3 Å². The van der Waals surface area contributed by atoms with Gasteiger partial charge in [0.1, 0.15) is 18.1 Å². The van der Waals surface area contributed by atoms with Crippen LogP contribution in [0, 0.1) is 6.92 Å². The molecule has 1 aromatic heterocycles. The molecule has 1 aliphatic carbocycles. The molecular formula is C30H31N5O4. The van der Waals surface area contributed by atoms with Crippen LogP contribution >= 0.6 is 0 Å². The number of ether oxygens (including phenoxy) is 1. The Bertz CT molecular complexity index is 1490. The molecule has 4 aromatic rings. The van der Waals surface area contributed by atoms with Crippen LogP contribution < -0.4 is 10.2 Å². The second-order valence-corrected chi connectivity index (χ2v) is 9.79. The molecule has 1 atom stereocenters. The maximum absolute atomic E-state index is 14.2. The van der Waals surface area contributed by atoms with Gasteiger partial charge < -0.3 is 10.1 Å². The van der Waals surface area contributed by atoms with Crippen LogP contribution in [0.2, 0.25) is 0 Å². The number of anilines is 1. The van der Waals surface area contributed by atoms with Crippen molar-refractivity contribution in [3.63, 3.8) is 0 Å². The molecule has 0 radical (unpaired) electrons. The molecule has 1 fully saturated rings. The molecule has 1 N–H and O–H groups in total. The largest absolute Gasteiger partial charge is 0.465 e. The molecule has 5 rings (SSSR count). The first-order valence-electron chi connectivity index (χ1n) is 13.1. The van der Waals surface area contributed by atoms with Gasteiger partial charge in [-0.25, -0.2) is 9.48 Å². The highest BCUT2D eigenvalue weighted by Crippen LogP contribution is 2.32. The summed E-state index contributed by atoms with van der Waals surface area (Å²) < 4.78 is 6.38. The molecule has 1 heterocycles. The van der Waals surface area contributed by atoms with Crippen LogP contribution in [0.15, 0.2) is 72.8 Å². The number of nitrogens with one attached hydrogen (secondary N) is 1. The van der Waals surface area contributed by atoms with E-state index in [1.807, 2.05) is 55.5 Å². The number of hydrogen-bond acceptors (Lipinski definition) is 6. The molecule has 9 nitrogen and oxygen atoms in total. The minimum atomic E-state index is -0.932. The van der Waals surface area contributed by atoms with Crippen LogP contribution in [0.5, 0.6) is 0 Å². The maximum Gasteiger partial charge on any atom is 0.337 e. The smallest absolute Gasteiger partial charge is 0.337 e. The van der Waals surface area contributed by atoms with Crippen molar-refractivity contribution in [3.05, 3.63) is 89.5 Å². The lowest BCUT2D eigenvalue weighted by Gasteiger charge is -2.33. The highest BCUT2D eigenvalue weighted by atomic mass is 16.5. The van der Waals surface area contributed by atoms with Gasteiger partial charge in [-0.1, -0.05) is 54.5 Å². The van der Waals surface area contributed by atoms with Crippen molar-refractivity contribution in [2.24, 2.45) is 0 Å². The van der Waals surface area contributed by atoms with E-state index in [9.17, 15) is 14.4 Å². The van der Waals surface area contributed by atoms with Gasteiger partial charge >= 0.3 is 5.97 Å². The molecular weight excluding hydrogens is 494 g/mol. The van der Waals surface area contributed by atoms with E-state index in [0.29, 0.717) is 16.8 Å². The van der Waals surface area contributed by atoms with Crippen molar-refractivity contribution in [2.45, 2.75) is 51.2 Å². The Labute approximate surface area is 226 Å². The fraction of sp³-hybridized carbons (Fsp3) is 0.300. The van der Waals surface area contributed by atoms with E-state index in [1.54, 1.807) is 24.3 Å². The first-order valence-corrected chi connectivity index (χ1v) is 13.1. The average molecular weight is 526 g/mol. The zero-order valence-corrected chi connectivity index (χ0v) is 22.0. The van der Waals surface area contributed by atoms with Crippen molar-refractivity contribution >= 4 is 34.5 Å². The van der Waals surface area contributed by atoms with Gasteiger partial charge in [-0.3, -0.25) is 14.5 Å². The van der Waals surface area contributed by atoms with E-state index in [2.05, 4.69) is 15.6 Å². The van der Waals surface area contributed by atoms with E-state index in [-0.39, 0.29) is 24.4 Å². The fourth-order valence-electron chi connectivity index (χ4n) is 5.19. The van der Waals surface area contributed by atoms with Crippen LogP contribution in [-0.4, -0.2) is 45.9 Å². The van der Waals surface area contributed by atoms with Gasteiger partial charge in [0.15, 0.2) is 0 Å². The number of benzene rings is 3. The Morgan fingerprint density at radius 2 is 1.69 bits per heavy atom. The summed E-state index contributed by atoms with van der Waals surface area (Å²) in [6, 6.07) is 20.6. The molecule has 9 heteroatoms. The number of esters is 1. The Hall–Kier alpha value is -4.53. The van der Waals surface area contributed by atoms with Gasteiger partial charge in [-0.05, 0) is 67.3 Å². The molecule has 200 valence electrons. The fourth-order valence-corrected chi connectivity index (χ4v) is 5.19. The lowest BCUT2D eigenvalue weighted by molar-refractivity contribution is -0.127.